The van der Waals surface area contributed by atoms with Gasteiger partial charge in [-0.05, 0) is 17.7 Å². The van der Waals surface area contributed by atoms with Crippen LogP contribution in [0.2, 0.25) is 0 Å². The quantitative estimate of drug-likeness (QED) is 0.460. The third-order valence-corrected chi connectivity index (χ3v) is 1.10. The number of aromatic nitrogens is 1. The van der Waals surface area contributed by atoms with Gasteiger partial charge in [-0.15, -0.1) is 0 Å². The van der Waals surface area contributed by atoms with Crippen LogP contribution in [-0.2, 0) is 0 Å². The first kappa shape index (κ1) is 6.14. The Balaban J connectivity index is 2.94. The molecule has 0 aliphatic heterocycles. The molecule has 3 heteroatoms. The molecule has 0 atom stereocenters. The second kappa shape index (κ2) is 2.53. The van der Waals surface area contributed by atoms with E-state index in [1.165, 1.54) is 0 Å². The highest BCUT2D eigenvalue weighted by Crippen LogP contribution is 2.02. The summed E-state index contributed by atoms with van der Waals surface area (Å²) < 4.78 is 4.96. The van der Waals surface area contributed by atoms with Gasteiger partial charge in [0.1, 0.15) is 5.75 Å². The zero-order chi connectivity index (χ0) is 6.69. The molecule has 1 rings (SSSR count). The second-order valence-corrected chi connectivity index (χ2v) is 1.84. The Labute approximate surface area is 55.3 Å². The van der Waals surface area contributed by atoms with Crippen molar-refractivity contribution in [3.63, 3.8) is 0 Å². The minimum atomic E-state index is 0.863. The molecule has 2 nitrogen and oxygen atoms in total. The van der Waals surface area contributed by atoms with Crippen LogP contribution in [0.4, 0.5) is 0 Å². The predicted molar refractivity (Wildman–Crippen MR) is 39.0 cm³/mol. The van der Waals surface area contributed by atoms with E-state index in [2.05, 4.69) is 4.98 Å². The fourth-order valence-corrected chi connectivity index (χ4v) is 0.647. The van der Waals surface area contributed by atoms with Crippen molar-refractivity contribution in [3.05, 3.63) is 18.3 Å². The fraction of sp³-hybridized carbons (Fsp3) is 0.167. The molecule has 1 aromatic heterocycles. The van der Waals surface area contributed by atoms with Crippen LogP contribution in [0.5, 0.6) is 5.75 Å². The van der Waals surface area contributed by atoms with E-state index in [9.17, 15) is 0 Å². The van der Waals surface area contributed by atoms with Crippen LogP contribution in [0, 0.1) is 0 Å². The van der Waals surface area contributed by atoms with Gasteiger partial charge in [-0.25, -0.2) is 0 Å². The maximum Gasteiger partial charge on any atom is 0.164 e. The zero-order valence-corrected chi connectivity index (χ0v) is 5.59. The zero-order valence-electron chi connectivity index (χ0n) is 5.59. The summed E-state index contributed by atoms with van der Waals surface area (Å²) in [6.45, 7) is 0. The van der Waals surface area contributed by atoms with Crippen LogP contribution in [0.25, 0.3) is 0 Å². The van der Waals surface area contributed by atoms with Crippen molar-refractivity contribution in [1.29, 1.82) is 0 Å². The predicted octanol–water partition coefficient (Wildman–Crippen LogP) is -0.651. The summed E-state index contributed by atoms with van der Waals surface area (Å²) >= 11 is 0. The number of pyridine rings is 1. The Morgan fingerprint density at radius 1 is 1.67 bits per heavy atom. The highest BCUT2D eigenvalue weighted by Gasteiger charge is 1.87. The Morgan fingerprint density at radius 2 is 2.44 bits per heavy atom. The van der Waals surface area contributed by atoms with E-state index >= 15 is 0 Å². The number of nitrogens with zero attached hydrogens (tertiary/aromatic N) is 1. The molecule has 0 bridgehead atoms. The van der Waals surface area contributed by atoms with Crippen LogP contribution in [0.1, 0.15) is 0 Å². The first-order valence-corrected chi connectivity index (χ1v) is 2.79. The van der Waals surface area contributed by atoms with Gasteiger partial charge in [-0.2, -0.15) is 0 Å². The van der Waals surface area contributed by atoms with Gasteiger partial charge < -0.3 is 4.74 Å². The Morgan fingerprint density at radius 3 is 2.89 bits per heavy atom. The lowest BCUT2D eigenvalue weighted by molar-refractivity contribution is 0.414. The minimum absolute atomic E-state index is 0.863. The standard InChI is InChI=1S/C6H8BNO/c1-9-5-2-3-8-6(7)4-5/h2-4H,7H2,1H3. The Kier molecular flexibility index (Phi) is 1.73. The molecular formula is C6H8BNO. The molecule has 9 heavy (non-hydrogen) atoms. The summed E-state index contributed by atoms with van der Waals surface area (Å²) in [5, 5.41) is 0. The molecule has 0 aliphatic carbocycles. The van der Waals surface area contributed by atoms with Gasteiger partial charge in [0.2, 0.25) is 0 Å². The number of hydrogen-bond acceptors (Lipinski definition) is 2. The maximum atomic E-state index is 4.96. The topological polar surface area (TPSA) is 22.1 Å². The van der Waals surface area contributed by atoms with Crippen molar-refractivity contribution in [2.45, 2.75) is 0 Å². The van der Waals surface area contributed by atoms with E-state index in [0.717, 1.165) is 11.3 Å². The smallest absolute Gasteiger partial charge is 0.164 e. The van der Waals surface area contributed by atoms with Crippen LogP contribution >= 0.6 is 0 Å². The third kappa shape index (κ3) is 1.45. The average molecular weight is 121 g/mol. The lowest BCUT2D eigenvalue weighted by Gasteiger charge is -1.97. The molecule has 1 aromatic rings. The third-order valence-electron chi connectivity index (χ3n) is 1.10. The summed E-state index contributed by atoms with van der Waals surface area (Å²) in [5.41, 5.74) is 0.981. The molecule has 0 aliphatic rings. The Hall–Kier alpha value is -0.985. The van der Waals surface area contributed by atoms with Gasteiger partial charge in [0.25, 0.3) is 0 Å². The summed E-state index contributed by atoms with van der Waals surface area (Å²) in [7, 11) is 3.58. The first-order chi connectivity index (χ1) is 4.33. The van der Waals surface area contributed by atoms with Gasteiger partial charge in [0, 0.05) is 6.20 Å². The summed E-state index contributed by atoms with van der Waals surface area (Å²) in [6.07, 6.45) is 1.73. The van der Waals surface area contributed by atoms with Crippen LogP contribution in [0.15, 0.2) is 18.3 Å². The van der Waals surface area contributed by atoms with Gasteiger partial charge in [-0.1, -0.05) is 0 Å². The van der Waals surface area contributed by atoms with Crippen LogP contribution in [-0.4, -0.2) is 19.9 Å². The molecule has 0 radical (unpaired) electrons. The van der Waals surface area contributed by atoms with E-state index in [1.807, 2.05) is 20.0 Å². The number of hydrogen-bond donors (Lipinski definition) is 0. The number of methoxy groups -OCH3 is 1. The molecule has 0 unspecified atom stereocenters. The molecule has 0 spiro atoms. The lowest BCUT2D eigenvalue weighted by Crippen LogP contribution is -2.06. The van der Waals surface area contributed by atoms with E-state index < -0.39 is 0 Å². The van der Waals surface area contributed by atoms with Crippen molar-refractivity contribution < 1.29 is 4.74 Å². The largest absolute Gasteiger partial charge is 0.497 e. The normalized spacial score (nSPS) is 9.00. The molecular weight excluding hydrogens is 113 g/mol. The van der Waals surface area contributed by atoms with Crippen molar-refractivity contribution in [3.8, 4) is 5.75 Å². The summed E-state index contributed by atoms with van der Waals surface area (Å²) in [6, 6.07) is 3.72. The van der Waals surface area contributed by atoms with Crippen LogP contribution < -0.4 is 10.3 Å². The van der Waals surface area contributed by atoms with E-state index in [-0.39, 0.29) is 0 Å². The first-order valence-electron chi connectivity index (χ1n) is 2.79. The van der Waals surface area contributed by atoms with Crippen molar-refractivity contribution in [1.82, 2.24) is 4.98 Å². The highest BCUT2D eigenvalue weighted by molar-refractivity contribution is 6.30. The highest BCUT2D eigenvalue weighted by atomic mass is 16.5. The second-order valence-electron chi connectivity index (χ2n) is 1.84. The molecule has 1 heterocycles. The van der Waals surface area contributed by atoms with E-state index in [4.69, 9.17) is 4.74 Å². The van der Waals surface area contributed by atoms with E-state index in [0.29, 0.717) is 0 Å². The molecule has 46 valence electrons. The van der Waals surface area contributed by atoms with Crippen molar-refractivity contribution in [2.75, 3.05) is 7.11 Å². The summed E-state index contributed by atoms with van der Waals surface area (Å²) in [4.78, 5) is 4.01. The van der Waals surface area contributed by atoms with Gasteiger partial charge >= 0.3 is 0 Å². The SMILES string of the molecule is Bc1cc(OC)ccn1. The fourth-order valence-electron chi connectivity index (χ4n) is 0.647. The molecule has 0 saturated carbocycles. The van der Waals surface area contributed by atoms with E-state index in [1.54, 1.807) is 13.3 Å². The van der Waals surface area contributed by atoms with Gasteiger partial charge in [0.05, 0.1) is 7.11 Å². The van der Waals surface area contributed by atoms with Crippen LogP contribution in [0.3, 0.4) is 0 Å². The molecule has 0 fully saturated rings. The lowest BCUT2D eigenvalue weighted by atomic mass is 10.0. The van der Waals surface area contributed by atoms with Crippen molar-refractivity contribution in [2.24, 2.45) is 0 Å². The monoisotopic (exact) mass is 121 g/mol. The molecule has 0 saturated heterocycles. The van der Waals surface area contributed by atoms with Gasteiger partial charge in [-0.3, -0.25) is 4.98 Å². The molecule has 0 aromatic carbocycles. The average Bonchev–Trinajstić information content (AvgIpc) is 1.88. The molecule has 0 N–H and O–H groups in total. The van der Waals surface area contributed by atoms with Crippen molar-refractivity contribution >= 4 is 13.4 Å². The van der Waals surface area contributed by atoms with Gasteiger partial charge in [0.15, 0.2) is 7.85 Å². The summed E-state index contributed by atoms with van der Waals surface area (Å²) in [5.74, 6) is 0.863. The molecule has 0 amide bonds. The maximum absolute atomic E-state index is 4.96. The minimum Gasteiger partial charge on any atom is -0.497 e. The Bertz CT molecular complexity index is 202. The number of rotatable bonds is 1. The number of ether oxygens (including phenoxy) is 1.